The van der Waals surface area contributed by atoms with Crippen molar-refractivity contribution < 1.29 is 9.18 Å². The number of fused-ring (bicyclic) bond motifs is 1. The van der Waals surface area contributed by atoms with Crippen LogP contribution in [0.3, 0.4) is 0 Å². The number of amidine groups is 1. The van der Waals surface area contributed by atoms with Crippen LogP contribution in [0.2, 0.25) is 0 Å². The Morgan fingerprint density at radius 2 is 2.03 bits per heavy atom. The van der Waals surface area contributed by atoms with Gasteiger partial charge >= 0.3 is 0 Å². The van der Waals surface area contributed by atoms with E-state index >= 15 is 0 Å². The van der Waals surface area contributed by atoms with E-state index in [0.717, 1.165) is 5.69 Å². The van der Waals surface area contributed by atoms with Gasteiger partial charge in [0.1, 0.15) is 5.54 Å². The minimum Gasteiger partial charge on any atom is -0.339 e. The SMILES string of the molecule is Cc1nc(N2C[C@H]3CSC(NC(=O)c4ccccc4)=N[C@@]3(c3ccccn3)C2)[nH]c(=O)c1F. The highest BCUT2D eigenvalue weighted by atomic mass is 32.2. The number of aromatic nitrogens is 3. The van der Waals surface area contributed by atoms with Crippen LogP contribution in [0.5, 0.6) is 0 Å². The summed E-state index contributed by atoms with van der Waals surface area (Å²) in [6.07, 6.45) is 1.71. The van der Waals surface area contributed by atoms with Gasteiger partial charge in [0.05, 0.1) is 17.9 Å². The van der Waals surface area contributed by atoms with Crippen molar-refractivity contribution in [3.05, 3.63) is 87.9 Å². The lowest BCUT2D eigenvalue weighted by atomic mass is 9.85. The van der Waals surface area contributed by atoms with Crippen LogP contribution >= 0.6 is 11.8 Å². The lowest BCUT2D eigenvalue weighted by Crippen LogP contribution is -2.43. The Kier molecular flexibility index (Phi) is 5.45. The molecular weight excluding hydrogens is 443 g/mol. The van der Waals surface area contributed by atoms with Crippen LogP contribution < -0.4 is 15.8 Å². The van der Waals surface area contributed by atoms with E-state index in [9.17, 15) is 14.0 Å². The number of H-pyrrole nitrogens is 1. The van der Waals surface area contributed by atoms with Gasteiger partial charge in [-0.1, -0.05) is 36.0 Å². The molecule has 0 unspecified atom stereocenters. The molecule has 1 aromatic carbocycles. The molecule has 0 bridgehead atoms. The molecule has 33 heavy (non-hydrogen) atoms. The number of anilines is 1. The fraction of sp³-hybridized carbons (Fsp3) is 0.261. The predicted molar refractivity (Wildman–Crippen MR) is 125 cm³/mol. The van der Waals surface area contributed by atoms with Crippen LogP contribution in [-0.2, 0) is 5.54 Å². The zero-order valence-electron chi connectivity index (χ0n) is 17.8. The fourth-order valence-corrected chi connectivity index (χ4v) is 5.40. The minimum atomic E-state index is -0.880. The third-order valence-electron chi connectivity index (χ3n) is 5.95. The molecule has 3 aromatic rings. The molecule has 2 atom stereocenters. The maximum Gasteiger partial charge on any atom is 0.288 e. The summed E-state index contributed by atoms with van der Waals surface area (Å²) in [4.78, 5) is 43.0. The van der Waals surface area contributed by atoms with E-state index in [0.29, 0.717) is 35.5 Å². The smallest absolute Gasteiger partial charge is 0.288 e. The third kappa shape index (κ3) is 3.91. The van der Waals surface area contributed by atoms with Crippen molar-refractivity contribution in [1.82, 2.24) is 20.3 Å². The van der Waals surface area contributed by atoms with E-state index in [4.69, 9.17) is 4.99 Å². The maximum atomic E-state index is 13.8. The summed E-state index contributed by atoms with van der Waals surface area (Å²) in [5, 5.41) is 3.45. The molecule has 1 saturated heterocycles. The van der Waals surface area contributed by atoms with Crippen LogP contribution in [0.4, 0.5) is 10.3 Å². The standard InChI is InChI=1S/C23H21FN6O2S/c1-14-18(24)20(32)27-21(26-14)30-11-16-12-33-22(28-19(31)15-7-3-2-4-8-15)29-23(16,13-30)17-9-5-6-10-25-17/h2-10,16H,11-13H2,1H3,(H,26,27,32)(H,28,29,31)/t16-,23-/m0/s1. The number of pyridine rings is 1. The Hall–Kier alpha value is -3.53. The van der Waals surface area contributed by atoms with Crippen LogP contribution in [0, 0.1) is 18.7 Å². The molecule has 2 aliphatic heterocycles. The second-order valence-electron chi connectivity index (χ2n) is 8.05. The van der Waals surface area contributed by atoms with Gasteiger partial charge in [-0.05, 0) is 31.2 Å². The predicted octanol–water partition coefficient (Wildman–Crippen LogP) is 2.48. The Morgan fingerprint density at radius 1 is 1.24 bits per heavy atom. The van der Waals surface area contributed by atoms with Gasteiger partial charge in [0, 0.05) is 30.0 Å². The summed E-state index contributed by atoms with van der Waals surface area (Å²) in [5.41, 5.74) is -0.179. The Bertz CT molecular complexity index is 1280. The summed E-state index contributed by atoms with van der Waals surface area (Å²) < 4.78 is 13.8. The number of aryl methyl sites for hydroxylation is 1. The first-order valence-electron chi connectivity index (χ1n) is 10.5. The number of rotatable bonds is 3. The van der Waals surface area contributed by atoms with Crippen LogP contribution in [0.25, 0.3) is 0 Å². The number of halogens is 1. The molecule has 0 radical (unpaired) electrons. The van der Waals surface area contributed by atoms with Gasteiger partial charge in [0.15, 0.2) is 5.17 Å². The van der Waals surface area contributed by atoms with Gasteiger partial charge in [-0.2, -0.15) is 4.39 Å². The molecule has 1 fully saturated rings. The highest BCUT2D eigenvalue weighted by Crippen LogP contribution is 2.45. The minimum absolute atomic E-state index is 0.0456. The first-order valence-corrected chi connectivity index (χ1v) is 11.5. The van der Waals surface area contributed by atoms with Gasteiger partial charge in [-0.25, -0.2) is 9.98 Å². The zero-order valence-corrected chi connectivity index (χ0v) is 18.6. The zero-order chi connectivity index (χ0) is 23.0. The van der Waals surface area contributed by atoms with E-state index in [2.05, 4.69) is 20.3 Å². The summed E-state index contributed by atoms with van der Waals surface area (Å²) in [6, 6.07) is 14.6. The van der Waals surface area contributed by atoms with Crippen LogP contribution in [0.15, 0.2) is 64.5 Å². The number of aliphatic imine (C=N–C) groups is 1. The van der Waals surface area contributed by atoms with Crippen molar-refractivity contribution in [1.29, 1.82) is 0 Å². The van der Waals surface area contributed by atoms with E-state index in [-0.39, 0.29) is 17.5 Å². The van der Waals surface area contributed by atoms with Crippen molar-refractivity contribution >= 4 is 28.8 Å². The average molecular weight is 465 g/mol. The van der Waals surface area contributed by atoms with Gasteiger partial charge in [0.25, 0.3) is 11.5 Å². The monoisotopic (exact) mass is 464 g/mol. The van der Waals surface area contributed by atoms with Gasteiger partial charge in [-0.3, -0.25) is 19.6 Å². The van der Waals surface area contributed by atoms with Crippen LogP contribution in [-0.4, -0.2) is 44.9 Å². The molecule has 2 aromatic heterocycles. The molecule has 0 spiro atoms. The van der Waals surface area contributed by atoms with Crippen molar-refractivity contribution in [3.63, 3.8) is 0 Å². The Balaban J connectivity index is 1.51. The number of hydrogen-bond acceptors (Lipinski definition) is 7. The number of nitrogens with zero attached hydrogens (tertiary/aromatic N) is 4. The largest absolute Gasteiger partial charge is 0.339 e. The second-order valence-corrected chi connectivity index (χ2v) is 9.06. The molecule has 2 aliphatic rings. The average Bonchev–Trinajstić information content (AvgIpc) is 3.23. The van der Waals surface area contributed by atoms with E-state index in [1.807, 2.05) is 41.3 Å². The number of benzene rings is 1. The molecule has 2 N–H and O–H groups in total. The molecule has 10 heteroatoms. The van der Waals surface area contributed by atoms with Crippen molar-refractivity contribution in [2.75, 3.05) is 23.7 Å². The van der Waals surface area contributed by atoms with Crippen molar-refractivity contribution in [2.24, 2.45) is 10.9 Å². The molecule has 5 rings (SSSR count). The third-order valence-corrected chi connectivity index (χ3v) is 6.99. The lowest BCUT2D eigenvalue weighted by molar-refractivity contribution is 0.0977. The maximum absolute atomic E-state index is 13.8. The molecular formula is C23H21FN6O2S. The highest BCUT2D eigenvalue weighted by molar-refractivity contribution is 8.13. The number of aromatic amines is 1. The second kappa shape index (κ2) is 8.43. The summed E-state index contributed by atoms with van der Waals surface area (Å²) in [5.74, 6) is -0.0735. The normalized spacial score (nSPS) is 21.9. The van der Waals surface area contributed by atoms with Gasteiger partial charge in [0.2, 0.25) is 11.8 Å². The number of hydrogen-bond donors (Lipinski definition) is 2. The number of nitrogens with one attached hydrogen (secondary N) is 2. The molecule has 1 amide bonds. The van der Waals surface area contributed by atoms with Crippen molar-refractivity contribution in [2.45, 2.75) is 12.5 Å². The van der Waals surface area contributed by atoms with Gasteiger partial charge in [-0.15, -0.1) is 0 Å². The summed E-state index contributed by atoms with van der Waals surface area (Å²) >= 11 is 1.47. The molecule has 8 nitrogen and oxygen atoms in total. The highest BCUT2D eigenvalue weighted by Gasteiger charge is 2.52. The van der Waals surface area contributed by atoms with Gasteiger partial charge < -0.3 is 10.2 Å². The first-order chi connectivity index (χ1) is 16.0. The van der Waals surface area contributed by atoms with Crippen LogP contribution in [0.1, 0.15) is 21.7 Å². The number of amides is 1. The quantitative estimate of drug-likeness (QED) is 0.617. The van der Waals surface area contributed by atoms with E-state index in [1.54, 1.807) is 18.3 Å². The summed E-state index contributed by atoms with van der Waals surface area (Å²) in [6.45, 7) is 2.41. The molecule has 4 heterocycles. The number of carbonyl (C=O) groups is 1. The fourth-order valence-electron chi connectivity index (χ4n) is 4.27. The van der Waals surface area contributed by atoms with Crippen molar-refractivity contribution in [3.8, 4) is 0 Å². The lowest BCUT2D eigenvalue weighted by Gasteiger charge is -2.34. The Morgan fingerprint density at radius 3 is 2.76 bits per heavy atom. The van der Waals surface area contributed by atoms with E-state index < -0.39 is 16.9 Å². The molecule has 0 aliphatic carbocycles. The summed E-state index contributed by atoms with van der Waals surface area (Å²) in [7, 11) is 0. The topological polar surface area (TPSA) is 103 Å². The molecule has 0 saturated carbocycles. The number of carbonyl (C=O) groups excluding carboxylic acids is 1. The first kappa shape index (κ1) is 21.3. The molecule has 168 valence electrons. The Labute approximate surface area is 193 Å². The number of thioether (sulfide) groups is 1. The van der Waals surface area contributed by atoms with E-state index in [1.165, 1.54) is 18.7 Å².